The predicted octanol–water partition coefficient (Wildman–Crippen LogP) is 2.64. The smallest absolute Gasteiger partial charge is 0.307 e. The van der Waals surface area contributed by atoms with Crippen LogP contribution in [0.4, 0.5) is 0 Å². The molecule has 0 saturated heterocycles. The van der Waals surface area contributed by atoms with E-state index >= 15 is 0 Å². The van der Waals surface area contributed by atoms with E-state index in [1.165, 1.54) is 25.7 Å². The van der Waals surface area contributed by atoms with E-state index in [4.69, 9.17) is 4.74 Å². The summed E-state index contributed by atoms with van der Waals surface area (Å²) >= 11 is 0. The Kier molecular flexibility index (Phi) is 6.46. The normalized spacial score (nSPS) is 18.4. The molecular formula is C13H25NO2. The van der Waals surface area contributed by atoms with E-state index < -0.39 is 0 Å². The van der Waals surface area contributed by atoms with Gasteiger partial charge in [-0.05, 0) is 25.7 Å². The number of carbonyl (C=O) groups excluding carboxylic acids is 1. The second kappa shape index (κ2) is 7.66. The Bertz CT molecular complexity index is 196. The van der Waals surface area contributed by atoms with Gasteiger partial charge in [0.15, 0.2) is 0 Å². The number of nitrogens with one attached hydrogen (secondary N) is 1. The summed E-state index contributed by atoms with van der Waals surface area (Å²) < 4.78 is 5.47. The maximum atomic E-state index is 11.5. The summed E-state index contributed by atoms with van der Waals surface area (Å²) in [6, 6.07) is 0.436. The maximum Gasteiger partial charge on any atom is 0.307 e. The number of ether oxygens (including phenoxy) is 1. The molecule has 94 valence electrons. The van der Waals surface area contributed by atoms with Gasteiger partial charge in [0, 0.05) is 12.6 Å². The quantitative estimate of drug-likeness (QED) is 0.579. The molecule has 16 heavy (non-hydrogen) atoms. The van der Waals surface area contributed by atoms with Crippen molar-refractivity contribution in [3.63, 3.8) is 0 Å². The Morgan fingerprint density at radius 1 is 1.25 bits per heavy atom. The van der Waals surface area contributed by atoms with Crippen LogP contribution in [-0.2, 0) is 9.53 Å². The third kappa shape index (κ3) is 6.11. The highest BCUT2D eigenvalue weighted by Crippen LogP contribution is 2.20. The van der Waals surface area contributed by atoms with Crippen LogP contribution in [0.5, 0.6) is 0 Å². The zero-order valence-electron chi connectivity index (χ0n) is 10.6. The van der Waals surface area contributed by atoms with Gasteiger partial charge in [0.2, 0.25) is 0 Å². The molecule has 1 rings (SSSR count). The lowest BCUT2D eigenvalue weighted by atomic mass is 10.1. The largest absolute Gasteiger partial charge is 0.462 e. The molecule has 0 aromatic heterocycles. The number of rotatable bonds is 5. The van der Waals surface area contributed by atoms with Crippen molar-refractivity contribution in [3.05, 3.63) is 0 Å². The van der Waals surface area contributed by atoms with Gasteiger partial charge in [0.25, 0.3) is 0 Å². The molecule has 0 aromatic carbocycles. The van der Waals surface area contributed by atoms with Gasteiger partial charge in [0.1, 0.15) is 6.10 Å². The summed E-state index contributed by atoms with van der Waals surface area (Å²) in [4.78, 5) is 11.5. The first-order chi connectivity index (χ1) is 7.68. The molecule has 0 atom stereocenters. The monoisotopic (exact) mass is 227 g/mol. The minimum Gasteiger partial charge on any atom is -0.462 e. The van der Waals surface area contributed by atoms with Crippen LogP contribution in [-0.4, -0.2) is 24.7 Å². The van der Waals surface area contributed by atoms with E-state index in [9.17, 15) is 4.79 Å². The average Bonchev–Trinajstić information content (AvgIpc) is 2.45. The van der Waals surface area contributed by atoms with E-state index in [1.54, 1.807) is 0 Å². The minimum absolute atomic E-state index is 0.0416. The zero-order valence-corrected chi connectivity index (χ0v) is 10.6. The zero-order chi connectivity index (χ0) is 11.8. The Balaban J connectivity index is 2.12. The summed E-state index contributed by atoms with van der Waals surface area (Å²) in [5, 5.41) is 3.23. The van der Waals surface area contributed by atoms with Crippen molar-refractivity contribution in [2.45, 2.75) is 70.9 Å². The van der Waals surface area contributed by atoms with Crippen molar-refractivity contribution >= 4 is 5.97 Å². The van der Waals surface area contributed by atoms with Crippen LogP contribution in [0.1, 0.15) is 58.8 Å². The lowest BCUT2D eigenvalue weighted by Gasteiger charge is -2.15. The van der Waals surface area contributed by atoms with Gasteiger partial charge in [-0.15, -0.1) is 0 Å². The molecule has 0 unspecified atom stereocenters. The van der Waals surface area contributed by atoms with Crippen molar-refractivity contribution in [3.8, 4) is 0 Å². The molecule has 0 amide bonds. The van der Waals surface area contributed by atoms with Gasteiger partial charge in [-0.25, -0.2) is 0 Å². The lowest BCUT2D eigenvalue weighted by molar-refractivity contribution is -0.149. The molecular weight excluding hydrogens is 202 g/mol. The molecule has 1 aliphatic carbocycles. The first kappa shape index (κ1) is 13.5. The molecule has 0 aliphatic heterocycles. The number of hydrogen-bond acceptors (Lipinski definition) is 3. The van der Waals surface area contributed by atoms with Crippen LogP contribution in [0.15, 0.2) is 0 Å². The third-order valence-electron chi connectivity index (χ3n) is 2.98. The summed E-state index contributed by atoms with van der Waals surface area (Å²) in [5.74, 6) is -0.0416. The molecule has 1 aliphatic rings. The number of hydrogen-bond donors (Lipinski definition) is 1. The van der Waals surface area contributed by atoms with Crippen molar-refractivity contribution in [2.75, 3.05) is 6.54 Å². The predicted molar refractivity (Wildman–Crippen MR) is 65.3 cm³/mol. The van der Waals surface area contributed by atoms with E-state index in [-0.39, 0.29) is 12.1 Å². The van der Waals surface area contributed by atoms with Crippen LogP contribution in [0.3, 0.4) is 0 Å². The Morgan fingerprint density at radius 3 is 2.44 bits per heavy atom. The van der Waals surface area contributed by atoms with Crippen LogP contribution in [0.2, 0.25) is 0 Å². The topological polar surface area (TPSA) is 38.3 Å². The fourth-order valence-electron chi connectivity index (χ4n) is 2.07. The van der Waals surface area contributed by atoms with E-state index in [2.05, 4.69) is 19.2 Å². The highest BCUT2D eigenvalue weighted by Gasteiger charge is 2.16. The van der Waals surface area contributed by atoms with E-state index in [0.717, 1.165) is 19.4 Å². The van der Waals surface area contributed by atoms with Crippen molar-refractivity contribution in [1.29, 1.82) is 0 Å². The van der Waals surface area contributed by atoms with Crippen molar-refractivity contribution < 1.29 is 9.53 Å². The van der Waals surface area contributed by atoms with Gasteiger partial charge < -0.3 is 10.1 Å². The molecule has 1 fully saturated rings. The highest BCUT2D eigenvalue weighted by atomic mass is 16.5. The highest BCUT2D eigenvalue weighted by molar-refractivity contribution is 5.69. The average molecular weight is 227 g/mol. The summed E-state index contributed by atoms with van der Waals surface area (Å²) in [6.45, 7) is 4.89. The summed E-state index contributed by atoms with van der Waals surface area (Å²) in [5.41, 5.74) is 0. The molecule has 0 heterocycles. The molecule has 3 nitrogen and oxygen atoms in total. The van der Waals surface area contributed by atoms with Gasteiger partial charge in [0.05, 0.1) is 6.42 Å². The molecule has 3 heteroatoms. The van der Waals surface area contributed by atoms with E-state index in [0.29, 0.717) is 12.5 Å². The third-order valence-corrected chi connectivity index (χ3v) is 2.98. The fourth-order valence-corrected chi connectivity index (χ4v) is 2.07. The molecule has 0 radical (unpaired) electrons. The second-order valence-corrected chi connectivity index (χ2v) is 4.96. The van der Waals surface area contributed by atoms with Crippen LogP contribution < -0.4 is 5.32 Å². The van der Waals surface area contributed by atoms with Crippen molar-refractivity contribution in [1.82, 2.24) is 5.32 Å². The minimum atomic E-state index is -0.0416. The Hall–Kier alpha value is -0.570. The van der Waals surface area contributed by atoms with Crippen molar-refractivity contribution in [2.24, 2.45) is 0 Å². The fraction of sp³-hybridized carbons (Fsp3) is 0.923. The standard InChI is InChI=1S/C13H25NO2/c1-11(2)14-10-9-13(15)16-12-7-5-3-4-6-8-12/h11-12,14H,3-10H2,1-2H3. The molecule has 1 N–H and O–H groups in total. The summed E-state index contributed by atoms with van der Waals surface area (Å²) in [6.07, 6.45) is 7.81. The van der Waals surface area contributed by atoms with Gasteiger partial charge in [-0.2, -0.15) is 0 Å². The SMILES string of the molecule is CC(C)NCCC(=O)OC1CCCCCC1. The van der Waals surface area contributed by atoms with E-state index in [1.807, 2.05) is 0 Å². The van der Waals surface area contributed by atoms with Crippen LogP contribution in [0, 0.1) is 0 Å². The Labute approximate surface area is 98.9 Å². The lowest BCUT2D eigenvalue weighted by Crippen LogP contribution is -2.27. The molecule has 0 spiro atoms. The van der Waals surface area contributed by atoms with Crippen LogP contribution in [0.25, 0.3) is 0 Å². The first-order valence-corrected chi connectivity index (χ1v) is 6.61. The van der Waals surface area contributed by atoms with Crippen LogP contribution >= 0.6 is 0 Å². The second-order valence-electron chi connectivity index (χ2n) is 4.96. The summed E-state index contributed by atoms with van der Waals surface area (Å²) in [7, 11) is 0. The number of carbonyl (C=O) groups is 1. The van der Waals surface area contributed by atoms with Gasteiger partial charge >= 0.3 is 5.97 Å². The molecule has 0 aromatic rings. The molecule has 1 saturated carbocycles. The maximum absolute atomic E-state index is 11.5. The van der Waals surface area contributed by atoms with Gasteiger partial charge in [-0.3, -0.25) is 4.79 Å². The first-order valence-electron chi connectivity index (χ1n) is 6.61. The number of esters is 1. The molecule has 0 bridgehead atoms. The van der Waals surface area contributed by atoms with Gasteiger partial charge in [-0.1, -0.05) is 26.7 Å². The Morgan fingerprint density at radius 2 is 1.88 bits per heavy atom.